The number of nitrogens with zero attached hydrogens (tertiary/aromatic N) is 2. The molecule has 5 rings (SSSR count). The van der Waals surface area contributed by atoms with Crippen LogP contribution in [-0.2, 0) is 24.2 Å². The van der Waals surface area contributed by atoms with E-state index >= 15 is 4.39 Å². The van der Waals surface area contributed by atoms with Gasteiger partial charge in [0.25, 0.3) is 0 Å². The quantitative estimate of drug-likeness (QED) is 0.426. The maximum atomic E-state index is 15.3. The third-order valence-corrected chi connectivity index (χ3v) is 9.67. The molecule has 2 heterocycles. The molecular weight excluding hydrogens is 543 g/mol. The lowest BCUT2D eigenvalue weighted by molar-refractivity contribution is -0.126. The smallest absolute Gasteiger partial charge is 0.245 e. The first kappa shape index (κ1) is 27.4. The summed E-state index contributed by atoms with van der Waals surface area (Å²) in [7, 11) is -2.74. The van der Waals surface area contributed by atoms with Gasteiger partial charge < -0.3 is 15.4 Å². The molecule has 2 N–H and O–H groups in total. The first-order valence-electron chi connectivity index (χ1n) is 12.8. The number of hydrogen-bond acceptors (Lipinski definition) is 8. The van der Waals surface area contributed by atoms with Crippen molar-refractivity contribution in [2.45, 2.75) is 37.0 Å². The van der Waals surface area contributed by atoms with Crippen LogP contribution in [0.25, 0.3) is 15.8 Å². The van der Waals surface area contributed by atoms with E-state index in [-0.39, 0.29) is 29.7 Å². The van der Waals surface area contributed by atoms with Gasteiger partial charge in [-0.2, -0.15) is 0 Å². The molecule has 2 saturated carbocycles. The van der Waals surface area contributed by atoms with Gasteiger partial charge in [0.2, 0.25) is 11.8 Å². The van der Waals surface area contributed by atoms with Crippen molar-refractivity contribution in [1.82, 2.24) is 15.6 Å². The summed E-state index contributed by atoms with van der Waals surface area (Å²) >= 11 is 0.932. The maximum absolute atomic E-state index is 15.3. The molecule has 1 aromatic heterocycles. The number of ether oxygens (including phenoxy) is 1. The van der Waals surface area contributed by atoms with E-state index in [0.29, 0.717) is 21.8 Å². The highest BCUT2D eigenvalue weighted by atomic mass is 32.2. The Bertz CT molecular complexity index is 1520. The van der Waals surface area contributed by atoms with E-state index in [1.807, 2.05) is 24.3 Å². The Morgan fingerprint density at radius 2 is 1.95 bits per heavy atom. The van der Waals surface area contributed by atoms with Gasteiger partial charge in [-0.15, -0.1) is 11.3 Å². The monoisotopic (exact) mass is 572 g/mol. The predicted octanol–water partition coefficient (Wildman–Crippen LogP) is 3.25. The molecule has 0 saturated heterocycles. The van der Waals surface area contributed by atoms with Crippen LogP contribution in [0, 0.1) is 11.7 Å². The number of fused-ring (bicyclic) bond motifs is 1. The molecule has 1 unspecified atom stereocenters. The summed E-state index contributed by atoms with van der Waals surface area (Å²) in [5.74, 6) is -1.92. The number of aliphatic imine (C=N–C) groups is 1. The Morgan fingerprint density at radius 3 is 2.67 bits per heavy atom. The van der Waals surface area contributed by atoms with Gasteiger partial charge in [0.05, 0.1) is 23.6 Å². The van der Waals surface area contributed by atoms with Gasteiger partial charge in [0.1, 0.15) is 10.5 Å². The number of carbonyl (C=O) groups is 2. The van der Waals surface area contributed by atoms with Crippen LogP contribution in [0.4, 0.5) is 4.39 Å². The van der Waals surface area contributed by atoms with E-state index in [9.17, 15) is 18.0 Å². The molecule has 1 atom stereocenters. The van der Waals surface area contributed by atoms with Gasteiger partial charge in [0.15, 0.2) is 20.9 Å². The average molecular weight is 573 g/mol. The predicted molar refractivity (Wildman–Crippen MR) is 149 cm³/mol. The lowest BCUT2D eigenvalue weighted by Gasteiger charge is -2.15. The molecule has 2 aliphatic carbocycles. The van der Waals surface area contributed by atoms with Gasteiger partial charge >= 0.3 is 0 Å². The zero-order valence-electron chi connectivity index (χ0n) is 21.4. The van der Waals surface area contributed by atoms with Crippen LogP contribution in [-0.4, -0.2) is 63.0 Å². The summed E-state index contributed by atoms with van der Waals surface area (Å²) in [4.78, 5) is 34.0. The summed E-state index contributed by atoms with van der Waals surface area (Å²) in [6, 6.07) is 3.14. The van der Waals surface area contributed by atoms with Crippen LogP contribution in [0.3, 0.4) is 0 Å². The van der Waals surface area contributed by atoms with Crippen LogP contribution in [0.5, 0.6) is 0 Å². The summed E-state index contributed by atoms with van der Waals surface area (Å²) in [5, 5.41) is 3.37. The molecule has 2 amide bonds. The summed E-state index contributed by atoms with van der Waals surface area (Å²) in [6.45, 7) is -0.497. The third-order valence-electron chi connectivity index (χ3n) is 6.56. The molecule has 0 spiro atoms. The summed E-state index contributed by atoms with van der Waals surface area (Å²) < 4.78 is 47.0. The number of carbonyl (C=O) groups excluding carboxylic acids is 2. The SMILES string of the molecule is COCCS(=O)(=O)C(C(=O)NCC(=O)NC1CC1)c1nc2c(F)cc(C3=CN=C(C4CC4)/C=C/C=C3)cc2s1. The molecule has 0 bridgehead atoms. The maximum Gasteiger partial charge on any atom is 0.245 e. The number of nitrogens with one attached hydrogen (secondary N) is 2. The van der Waals surface area contributed by atoms with E-state index in [2.05, 4.69) is 20.6 Å². The zero-order chi connectivity index (χ0) is 27.6. The molecule has 12 heteroatoms. The molecule has 2 fully saturated rings. The molecule has 2 aromatic rings. The third kappa shape index (κ3) is 6.68. The molecule has 3 aliphatic rings. The van der Waals surface area contributed by atoms with Gasteiger partial charge in [-0.1, -0.05) is 18.2 Å². The zero-order valence-corrected chi connectivity index (χ0v) is 23.0. The number of rotatable bonds is 11. The fourth-order valence-electron chi connectivity index (χ4n) is 4.13. The fourth-order valence-corrected chi connectivity index (χ4v) is 7.12. The highest BCUT2D eigenvalue weighted by molar-refractivity contribution is 7.92. The van der Waals surface area contributed by atoms with Crippen LogP contribution in [0.15, 0.2) is 47.6 Å². The van der Waals surface area contributed by atoms with Crippen molar-refractivity contribution in [1.29, 1.82) is 0 Å². The first-order valence-corrected chi connectivity index (χ1v) is 15.3. The number of halogens is 1. The first-order chi connectivity index (χ1) is 18.7. The molecule has 1 aliphatic heterocycles. The Labute approximate surface area is 229 Å². The molecule has 1 aromatic carbocycles. The Morgan fingerprint density at radius 1 is 1.18 bits per heavy atom. The molecular formula is C27H29FN4O5S2. The molecule has 9 nitrogen and oxygen atoms in total. The van der Waals surface area contributed by atoms with Crippen LogP contribution < -0.4 is 10.6 Å². The van der Waals surface area contributed by atoms with Crippen molar-refractivity contribution >= 4 is 54.5 Å². The van der Waals surface area contributed by atoms with Crippen molar-refractivity contribution in [3.63, 3.8) is 0 Å². The average Bonchev–Trinajstić information content (AvgIpc) is 3.81. The minimum absolute atomic E-state index is 0.0255. The number of aromatic nitrogens is 1. The topological polar surface area (TPSA) is 127 Å². The van der Waals surface area contributed by atoms with Crippen molar-refractivity contribution in [2.24, 2.45) is 10.9 Å². The standard InChI is InChI=1S/C27H29FN4O5S2/c1-37-10-11-39(35,36)25(26(34)30-15-23(33)31-19-8-9-19)27-32-24-20(28)12-18(13-22(24)38-27)17-4-2-3-5-21(29-14-17)16-6-7-16/h2-5,12-14,16,19,25H,6-11,15H2,1H3,(H,30,34)(H,31,33)/b3-2?,4-2?,5-3+,17-4?,17-14?,21-5?,29-14?,29-21?. The van der Waals surface area contributed by atoms with Gasteiger partial charge in [0, 0.05) is 36.6 Å². The van der Waals surface area contributed by atoms with E-state index in [1.54, 1.807) is 12.3 Å². The molecule has 0 radical (unpaired) electrons. The van der Waals surface area contributed by atoms with Gasteiger partial charge in [-0.05, 0) is 49.5 Å². The second-order valence-electron chi connectivity index (χ2n) is 9.79. The Balaban J connectivity index is 1.46. The lowest BCUT2D eigenvalue weighted by atomic mass is 10.0. The fraction of sp³-hybridized carbons (Fsp3) is 0.407. The molecule has 206 valence electrons. The number of amides is 2. The number of allylic oxidation sites excluding steroid dienone is 5. The van der Waals surface area contributed by atoms with Crippen molar-refractivity contribution in [2.75, 3.05) is 26.0 Å². The van der Waals surface area contributed by atoms with Gasteiger partial charge in [-0.3, -0.25) is 14.6 Å². The number of thiazole rings is 1. The summed E-state index contributed by atoms with van der Waals surface area (Å²) in [6.07, 6.45) is 13.2. The van der Waals surface area contributed by atoms with Crippen LogP contribution >= 0.6 is 11.3 Å². The number of methoxy groups -OCH3 is 1. The van der Waals surface area contributed by atoms with Crippen molar-refractivity contribution in [3.8, 4) is 0 Å². The second-order valence-corrected chi connectivity index (χ2v) is 13.1. The lowest BCUT2D eigenvalue weighted by Crippen LogP contribution is -2.42. The highest BCUT2D eigenvalue weighted by Crippen LogP contribution is 2.36. The largest absolute Gasteiger partial charge is 0.384 e. The van der Waals surface area contributed by atoms with E-state index < -0.39 is 38.5 Å². The Kier molecular flexibility index (Phi) is 8.06. The van der Waals surface area contributed by atoms with Gasteiger partial charge in [-0.25, -0.2) is 17.8 Å². The normalized spacial score (nSPS) is 19.0. The Hall–Kier alpha value is -3.22. The second kappa shape index (κ2) is 11.5. The van der Waals surface area contributed by atoms with Crippen LogP contribution in [0.2, 0.25) is 0 Å². The molecule has 39 heavy (non-hydrogen) atoms. The van der Waals surface area contributed by atoms with E-state index in [4.69, 9.17) is 4.74 Å². The highest BCUT2D eigenvalue weighted by Gasteiger charge is 2.37. The summed E-state index contributed by atoms with van der Waals surface area (Å²) in [5.41, 5.74) is 2.21. The van der Waals surface area contributed by atoms with E-state index in [1.165, 1.54) is 13.2 Å². The van der Waals surface area contributed by atoms with Crippen LogP contribution in [0.1, 0.15) is 41.5 Å². The van der Waals surface area contributed by atoms with Crippen molar-refractivity contribution in [3.05, 3.63) is 59.0 Å². The van der Waals surface area contributed by atoms with E-state index in [0.717, 1.165) is 42.7 Å². The number of hydrogen-bond donors (Lipinski definition) is 2. The van der Waals surface area contributed by atoms with Crippen molar-refractivity contribution < 1.29 is 27.1 Å². The minimum Gasteiger partial charge on any atom is -0.384 e. The number of benzene rings is 1. The minimum atomic E-state index is -4.09. The number of sulfone groups is 1.